The Hall–Kier alpha value is -3.42. The van der Waals surface area contributed by atoms with Crippen LogP contribution in [0.4, 0.5) is 0 Å². The third kappa shape index (κ3) is 6.39. The molecule has 0 unspecified atom stereocenters. The number of hydrogen-bond donors (Lipinski definition) is 2. The summed E-state index contributed by atoms with van der Waals surface area (Å²) in [4.78, 5) is 5.38. The Bertz CT molecular complexity index is 740. The lowest BCUT2D eigenvalue weighted by Crippen LogP contribution is -2.46. The fourth-order valence-electron chi connectivity index (χ4n) is 2.38. The molecule has 0 aliphatic rings. The predicted octanol–water partition coefficient (Wildman–Crippen LogP) is 3.22. The molecule has 0 saturated heterocycles. The number of benzene rings is 2. The van der Waals surface area contributed by atoms with E-state index in [9.17, 15) is 10.2 Å². The molecule has 0 bridgehead atoms. The molecule has 0 saturated carbocycles. The van der Waals surface area contributed by atoms with Gasteiger partial charge in [0.1, 0.15) is 11.5 Å². The van der Waals surface area contributed by atoms with E-state index in [2.05, 4.69) is 20.1 Å². The van der Waals surface area contributed by atoms with Gasteiger partial charge in [0.15, 0.2) is 0 Å². The van der Waals surface area contributed by atoms with Crippen molar-refractivity contribution < 1.29 is 19.7 Å². The summed E-state index contributed by atoms with van der Waals surface area (Å²) in [6.45, 7) is -0.344. The lowest BCUT2D eigenvalue weighted by molar-refractivity contribution is -0.0244. The van der Waals surface area contributed by atoms with Crippen molar-refractivity contribution in [2.75, 3.05) is 13.2 Å². The highest BCUT2D eigenvalue weighted by atomic mass is 16.5. The topological polar surface area (TPSA) is 156 Å². The summed E-state index contributed by atoms with van der Waals surface area (Å²) in [7, 11) is 0. The molecule has 0 aliphatic carbocycles. The summed E-state index contributed by atoms with van der Waals surface area (Å²) in [6.07, 6.45) is -3.07. The van der Waals surface area contributed by atoms with Gasteiger partial charge >= 0.3 is 0 Å². The molecular formula is C18H20N6O4. The summed E-state index contributed by atoms with van der Waals surface area (Å²) in [5.74, 6) is 1.03. The molecule has 0 fully saturated rings. The Morgan fingerprint density at radius 3 is 1.39 bits per heavy atom. The zero-order valence-corrected chi connectivity index (χ0v) is 14.9. The molecular weight excluding hydrogens is 364 g/mol. The first-order valence-electron chi connectivity index (χ1n) is 8.46. The van der Waals surface area contributed by atoms with Gasteiger partial charge in [0.05, 0.1) is 37.5 Å². The first-order chi connectivity index (χ1) is 13.7. The van der Waals surface area contributed by atoms with Crippen LogP contribution < -0.4 is 9.47 Å². The molecule has 0 heterocycles. The lowest BCUT2D eigenvalue weighted by atomic mass is 10.0. The monoisotopic (exact) mass is 384 g/mol. The minimum atomic E-state index is -1.53. The normalized spacial score (nSPS) is 14.5. The predicted molar refractivity (Wildman–Crippen MR) is 102 cm³/mol. The number of ether oxygens (including phenoxy) is 2. The van der Waals surface area contributed by atoms with Crippen molar-refractivity contribution in [3.63, 3.8) is 0 Å². The van der Waals surface area contributed by atoms with Crippen LogP contribution in [0.3, 0.4) is 0 Å². The average Bonchev–Trinajstić information content (AvgIpc) is 2.74. The Balaban J connectivity index is 2.03. The maximum absolute atomic E-state index is 10.4. The van der Waals surface area contributed by atoms with Gasteiger partial charge in [0.25, 0.3) is 0 Å². The highest BCUT2D eigenvalue weighted by Gasteiger charge is 2.32. The Morgan fingerprint density at radius 2 is 1.07 bits per heavy atom. The van der Waals surface area contributed by atoms with Gasteiger partial charge < -0.3 is 19.7 Å². The van der Waals surface area contributed by atoms with E-state index >= 15 is 0 Å². The molecule has 2 N–H and O–H groups in total. The number of para-hydroxylation sites is 2. The first-order valence-corrected chi connectivity index (χ1v) is 8.46. The van der Waals surface area contributed by atoms with E-state index in [1.807, 2.05) is 12.1 Å². The minimum Gasteiger partial charge on any atom is -0.493 e. The molecule has 0 spiro atoms. The number of aliphatic hydroxyl groups is 2. The van der Waals surface area contributed by atoms with E-state index in [1.165, 1.54) is 0 Å². The number of nitrogens with zero attached hydrogens (tertiary/aromatic N) is 6. The number of aliphatic hydroxyl groups excluding tert-OH is 2. The standard InChI is InChI=1S/C18H20N6O4/c19-23-21-15(11-27-13-7-3-1-4-8-13)17(25)18(26)16(22-24-20)12-28-14-9-5-2-6-10-14/h1-10,15-18,25-26H,11-12H2/t15-,16-,17+,18+/m0/s1. The molecule has 10 nitrogen and oxygen atoms in total. The highest BCUT2D eigenvalue weighted by Crippen LogP contribution is 2.16. The third-order valence-corrected chi connectivity index (χ3v) is 3.87. The van der Waals surface area contributed by atoms with E-state index in [1.54, 1.807) is 48.5 Å². The van der Waals surface area contributed by atoms with Crippen molar-refractivity contribution in [3.05, 3.63) is 81.5 Å². The molecule has 146 valence electrons. The van der Waals surface area contributed by atoms with Crippen molar-refractivity contribution in [2.24, 2.45) is 10.2 Å². The Morgan fingerprint density at radius 1 is 0.714 bits per heavy atom. The molecule has 10 heteroatoms. The zero-order chi connectivity index (χ0) is 20.2. The van der Waals surface area contributed by atoms with Crippen LogP contribution in [0.15, 0.2) is 70.9 Å². The van der Waals surface area contributed by atoms with Gasteiger partial charge in [0.2, 0.25) is 0 Å². The first kappa shape index (κ1) is 20.9. The lowest BCUT2D eigenvalue weighted by Gasteiger charge is -2.27. The fraction of sp³-hybridized carbons (Fsp3) is 0.333. The summed E-state index contributed by atoms with van der Waals surface area (Å²) in [6, 6.07) is 15.3. The SMILES string of the molecule is [N-]=[N+]=N[C@@H](COc1ccccc1)[C@@H](O)[C@H](O)[C@H](COc1ccccc1)N=[N+]=[N-]. The van der Waals surface area contributed by atoms with Gasteiger partial charge in [-0.3, -0.25) is 0 Å². The van der Waals surface area contributed by atoms with Gasteiger partial charge in [-0.25, -0.2) is 0 Å². The van der Waals surface area contributed by atoms with Crippen LogP contribution in [-0.4, -0.2) is 47.7 Å². The van der Waals surface area contributed by atoms with E-state index in [0.717, 1.165) is 0 Å². The van der Waals surface area contributed by atoms with Crippen LogP contribution in [0, 0.1) is 0 Å². The van der Waals surface area contributed by atoms with E-state index < -0.39 is 24.3 Å². The Labute approximate surface area is 161 Å². The van der Waals surface area contributed by atoms with Gasteiger partial charge in [-0.05, 0) is 35.3 Å². The van der Waals surface area contributed by atoms with Crippen molar-refractivity contribution >= 4 is 0 Å². The van der Waals surface area contributed by atoms with E-state index in [4.69, 9.17) is 20.5 Å². The van der Waals surface area contributed by atoms with Crippen molar-refractivity contribution in [3.8, 4) is 11.5 Å². The van der Waals surface area contributed by atoms with Crippen LogP contribution in [0.2, 0.25) is 0 Å². The van der Waals surface area contributed by atoms with Crippen LogP contribution in [0.1, 0.15) is 0 Å². The second-order valence-corrected chi connectivity index (χ2v) is 5.77. The van der Waals surface area contributed by atoms with E-state index in [-0.39, 0.29) is 13.2 Å². The number of hydrogen-bond acceptors (Lipinski definition) is 6. The fourth-order valence-corrected chi connectivity index (χ4v) is 2.38. The molecule has 2 rings (SSSR count). The molecule has 0 aromatic heterocycles. The molecule has 0 radical (unpaired) electrons. The summed E-state index contributed by atoms with van der Waals surface area (Å²) in [5.41, 5.74) is 17.5. The second-order valence-electron chi connectivity index (χ2n) is 5.77. The van der Waals surface area contributed by atoms with Gasteiger partial charge in [0, 0.05) is 9.82 Å². The van der Waals surface area contributed by atoms with Gasteiger partial charge in [-0.2, -0.15) is 0 Å². The van der Waals surface area contributed by atoms with Crippen molar-refractivity contribution in [2.45, 2.75) is 24.3 Å². The molecule has 2 aromatic rings. The molecule has 0 aliphatic heterocycles. The summed E-state index contributed by atoms with van der Waals surface area (Å²) < 4.78 is 11.0. The quantitative estimate of drug-likeness (QED) is 0.346. The van der Waals surface area contributed by atoms with Crippen LogP contribution in [-0.2, 0) is 0 Å². The van der Waals surface area contributed by atoms with Gasteiger partial charge in [-0.15, -0.1) is 0 Å². The summed E-state index contributed by atoms with van der Waals surface area (Å²) in [5, 5.41) is 27.9. The highest BCUT2D eigenvalue weighted by molar-refractivity contribution is 5.21. The molecule has 0 amide bonds. The molecule has 4 atom stereocenters. The molecule has 28 heavy (non-hydrogen) atoms. The summed E-state index contributed by atoms with van der Waals surface area (Å²) >= 11 is 0. The Kier molecular flexibility index (Phi) is 8.45. The zero-order valence-electron chi connectivity index (χ0n) is 14.9. The van der Waals surface area contributed by atoms with E-state index in [0.29, 0.717) is 11.5 Å². The number of rotatable bonds is 11. The maximum Gasteiger partial charge on any atom is 0.119 e. The van der Waals surface area contributed by atoms with Crippen molar-refractivity contribution in [1.82, 2.24) is 0 Å². The minimum absolute atomic E-state index is 0.172. The van der Waals surface area contributed by atoms with Crippen LogP contribution in [0.25, 0.3) is 20.9 Å². The largest absolute Gasteiger partial charge is 0.493 e. The smallest absolute Gasteiger partial charge is 0.119 e. The van der Waals surface area contributed by atoms with Crippen molar-refractivity contribution in [1.29, 1.82) is 0 Å². The average molecular weight is 384 g/mol. The maximum atomic E-state index is 10.4. The van der Waals surface area contributed by atoms with Gasteiger partial charge in [-0.1, -0.05) is 46.6 Å². The number of azide groups is 2. The molecule has 2 aromatic carbocycles. The van der Waals surface area contributed by atoms with Crippen LogP contribution >= 0.6 is 0 Å². The second kappa shape index (κ2) is 11.3. The third-order valence-electron chi connectivity index (χ3n) is 3.87. The van der Waals surface area contributed by atoms with Crippen LogP contribution in [0.5, 0.6) is 11.5 Å².